The van der Waals surface area contributed by atoms with Gasteiger partial charge in [0.1, 0.15) is 5.75 Å². The maximum absolute atomic E-state index is 12.0. The summed E-state index contributed by atoms with van der Waals surface area (Å²) in [5.74, 6) is -0.637. The molecule has 0 aliphatic heterocycles. The van der Waals surface area contributed by atoms with Gasteiger partial charge in [-0.3, -0.25) is 4.79 Å². The molecule has 0 aliphatic carbocycles. The van der Waals surface area contributed by atoms with Gasteiger partial charge in [-0.05, 0) is 48.0 Å². The average molecular weight is 361 g/mol. The summed E-state index contributed by atoms with van der Waals surface area (Å²) in [5, 5.41) is 8.52. The predicted molar refractivity (Wildman–Crippen MR) is 87.1 cm³/mol. The lowest BCUT2D eigenvalue weighted by atomic mass is 10.1. The minimum absolute atomic E-state index is 0.0845. The molecule has 0 spiro atoms. The fourth-order valence-electron chi connectivity index (χ4n) is 1.70. The number of carbonyl (C=O) groups excluding carboxylic acids is 1. The van der Waals surface area contributed by atoms with Gasteiger partial charge in [0.15, 0.2) is 12.4 Å². The van der Waals surface area contributed by atoms with Crippen LogP contribution in [0.1, 0.15) is 15.9 Å². The number of carbonyl (C=O) groups is 2. The van der Waals surface area contributed by atoms with Gasteiger partial charge in [-0.2, -0.15) is 0 Å². The molecule has 2 aromatic carbocycles. The number of aliphatic carboxylic acids is 1. The van der Waals surface area contributed by atoms with Crippen molar-refractivity contribution in [1.82, 2.24) is 0 Å². The first-order chi connectivity index (χ1) is 10.5. The summed E-state index contributed by atoms with van der Waals surface area (Å²) in [6.45, 7) is -0.378. The highest BCUT2D eigenvalue weighted by Gasteiger charge is 2.01. The third-order valence-electron chi connectivity index (χ3n) is 2.80. The fraction of sp³-hybridized carbons (Fsp3) is 0.0588. The summed E-state index contributed by atoms with van der Waals surface area (Å²) in [6, 6.07) is 14.0. The summed E-state index contributed by atoms with van der Waals surface area (Å²) in [5.41, 5.74) is 1.44. The minimum atomic E-state index is -1.02. The Balaban J connectivity index is 1.99. The zero-order chi connectivity index (χ0) is 15.9. The van der Waals surface area contributed by atoms with Crippen LogP contribution in [0.25, 0.3) is 6.08 Å². The normalized spacial score (nSPS) is 10.6. The van der Waals surface area contributed by atoms with E-state index >= 15 is 0 Å². The van der Waals surface area contributed by atoms with Gasteiger partial charge in [0.2, 0.25) is 0 Å². The van der Waals surface area contributed by atoms with E-state index in [2.05, 4.69) is 15.9 Å². The number of ether oxygens (including phenoxy) is 1. The summed E-state index contributed by atoms with van der Waals surface area (Å²) >= 11 is 3.32. The van der Waals surface area contributed by atoms with Gasteiger partial charge in [0.25, 0.3) is 0 Å². The first-order valence-electron chi connectivity index (χ1n) is 6.47. The molecule has 0 atom stereocenters. The van der Waals surface area contributed by atoms with Crippen molar-refractivity contribution >= 4 is 33.8 Å². The van der Waals surface area contributed by atoms with Crippen molar-refractivity contribution in [3.05, 3.63) is 70.2 Å². The molecule has 112 valence electrons. The number of carboxylic acid groups (broad SMARTS) is 1. The molecule has 0 bridgehead atoms. The number of carboxylic acids is 1. The molecule has 2 rings (SSSR count). The molecular weight excluding hydrogens is 348 g/mol. The molecule has 0 aromatic heterocycles. The van der Waals surface area contributed by atoms with Crippen LogP contribution in [0, 0.1) is 0 Å². The minimum Gasteiger partial charge on any atom is -0.482 e. The molecule has 0 unspecified atom stereocenters. The van der Waals surface area contributed by atoms with Crippen molar-refractivity contribution in [2.24, 2.45) is 0 Å². The lowest BCUT2D eigenvalue weighted by Crippen LogP contribution is -2.09. The fourth-order valence-corrected chi connectivity index (χ4v) is 1.97. The molecule has 0 amide bonds. The second-order valence-corrected chi connectivity index (χ2v) is 5.37. The van der Waals surface area contributed by atoms with Crippen molar-refractivity contribution in [1.29, 1.82) is 0 Å². The molecule has 0 heterocycles. The molecular formula is C17H13BrO4. The number of hydrogen-bond donors (Lipinski definition) is 1. The van der Waals surface area contributed by atoms with E-state index in [0.717, 1.165) is 10.0 Å². The van der Waals surface area contributed by atoms with Gasteiger partial charge in [0, 0.05) is 10.0 Å². The van der Waals surface area contributed by atoms with E-state index in [1.807, 2.05) is 12.1 Å². The summed E-state index contributed by atoms with van der Waals surface area (Å²) in [7, 11) is 0. The molecule has 0 saturated heterocycles. The zero-order valence-corrected chi connectivity index (χ0v) is 13.1. The van der Waals surface area contributed by atoms with E-state index < -0.39 is 5.97 Å². The molecule has 0 radical (unpaired) electrons. The third-order valence-corrected chi connectivity index (χ3v) is 3.33. The monoisotopic (exact) mass is 360 g/mol. The van der Waals surface area contributed by atoms with Gasteiger partial charge < -0.3 is 9.84 Å². The van der Waals surface area contributed by atoms with E-state index in [0.29, 0.717) is 11.3 Å². The summed E-state index contributed by atoms with van der Waals surface area (Å²) < 4.78 is 5.95. The Morgan fingerprint density at radius 1 is 1.05 bits per heavy atom. The molecule has 5 heteroatoms. The quantitative estimate of drug-likeness (QED) is 0.628. The van der Waals surface area contributed by atoms with E-state index in [-0.39, 0.29) is 12.4 Å². The van der Waals surface area contributed by atoms with Crippen LogP contribution < -0.4 is 4.74 Å². The molecule has 0 saturated carbocycles. The van der Waals surface area contributed by atoms with Crippen molar-refractivity contribution in [2.45, 2.75) is 0 Å². The van der Waals surface area contributed by atoms with Crippen molar-refractivity contribution in [3.63, 3.8) is 0 Å². The van der Waals surface area contributed by atoms with Crippen LogP contribution in [-0.2, 0) is 4.79 Å². The Bertz CT molecular complexity index is 688. The highest BCUT2D eigenvalue weighted by Crippen LogP contribution is 2.14. The standard InChI is InChI=1S/C17H13BrO4/c18-14-6-4-13(5-7-14)16(19)10-3-12-1-8-15(9-2-12)22-11-17(20)21/h1-10H,11H2,(H,20,21)/b10-3+. The van der Waals surface area contributed by atoms with Crippen LogP contribution in [-0.4, -0.2) is 23.5 Å². The molecule has 0 aliphatic rings. The smallest absolute Gasteiger partial charge is 0.341 e. The lowest BCUT2D eigenvalue weighted by molar-refractivity contribution is -0.139. The number of hydrogen-bond acceptors (Lipinski definition) is 3. The van der Waals surface area contributed by atoms with E-state index in [9.17, 15) is 9.59 Å². The maximum Gasteiger partial charge on any atom is 0.341 e. The highest BCUT2D eigenvalue weighted by molar-refractivity contribution is 9.10. The summed E-state index contributed by atoms with van der Waals surface area (Å²) in [6.07, 6.45) is 3.20. The van der Waals surface area contributed by atoms with Gasteiger partial charge >= 0.3 is 5.97 Å². The van der Waals surface area contributed by atoms with Crippen LogP contribution in [0.15, 0.2) is 59.1 Å². The van der Waals surface area contributed by atoms with Gasteiger partial charge in [-0.1, -0.05) is 34.1 Å². The lowest BCUT2D eigenvalue weighted by Gasteiger charge is -2.02. The largest absolute Gasteiger partial charge is 0.482 e. The number of rotatable bonds is 6. The second kappa shape index (κ2) is 7.56. The molecule has 1 N–H and O–H groups in total. The third kappa shape index (κ3) is 4.86. The Labute approximate surface area is 136 Å². The molecule has 22 heavy (non-hydrogen) atoms. The molecule has 0 fully saturated rings. The van der Waals surface area contributed by atoms with Crippen LogP contribution in [0.3, 0.4) is 0 Å². The Morgan fingerprint density at radius 2 is 1.68 bits per heavy atom. The average Bonchev–Trinajstić information content (AvgIpc) is 2.52. The molecule has 2 aromatic rings. The SMILES string of the molecule is O=C(O)COc1ccc(/C=C/C(=O)c2ccc(Br)cc2)cc1. The van der Waals surface area contributed by atoms with Crippen molar-refractivity contribution < 1.29 is 19.4 Å². The predicted octanol–water partition coefficient (Wildman–Crippen LogP) is 3.81. The van der Waals surface area contributed by atoms with E-state index in [1.165, 1.54) is 6.08 Å². The van der Waals surface area contributed by atoms with Crippen molar-refractivity contribution in [3.8, 4) is 5.75 Å². The van der Waals surface area contributed by atoms with Crippen LogP contribution in [0.4, 0.5) is 0 Å². The summed E-state index contributed by atoms with van der Waals surface area (Å²) in [4.78, 5) is 22.4. The molecule has 4 nitrogen and oxygen atoms in total. The Morgan fingerprint density at radius 3 is 2.27 bits per heavy atom. The Hall–Kier alpha value is -2.40. The zero-order valence-electron chi connectivity index (χ0n) is 11.5. The van der Waals surface area contributed by atoms with Crippen LogP contribution in [0.2, 0.25) is 0 Å². The van der Waals surface area contributed by atoms with Crippen LogP contribution in [0.5, 0.6) is 5.75 Å². The van der Waals surface area contributed by atoms with E-state index in [4.69, 9.17) is 9.84 Å². The maximum atomic E-state index is 12.0. The highest BCUT2D eigenvalue weighted by atomic mass is 79.9. The number of ketones is 1. The number of allylic oxidation sites excluding steroid dienone is 1. The topological polar surface area (TPSA) is 63.6 Å². The van der Waals surface area contributed by atoms with Crippen molar-refractivity contribution in [2.75, 3.05) is 6.61 Å². The van der Waals surface area contributed by atoms with Crippen LogP contribution >= 0.6 is 15.9 Å². The van der Waals surface area contributed by atoms with Gasteiger partial charge in [-0.25, -0.2) is 4.79 Å². The van der Waals surface area contributed by atoms with Gasteiger partial charge in [-0.15, -0.1) is 0 Å². The first kappa shape index (κ1) is 16.0. The van der Waals surface area contributed by atoms with E-state index in [1.54, 1.807) is 42.5 Å². The first-order valence-corrected chi connectivity index (χ1v) is 7.26. The second-order valence-electron chi connectivity index (χ2n) is 4.46. The number of halogens is 1. The Kier molecular flexibility index (Phi) is 5.49. The number of benzene rings is 2. The van der Waals surface area contributed by atoms with Gasteiger partial charge in [0.05, 0.1) is 0 Å².